The molecule has 0 radical (unpaired) electrons. The molecule has 0 amide bonds. The van der Waals surface area contributed by atoms with Gasteiger partial charge in [0.1, 0.15) is 0 Å². The predicted molar refractivity (Wildman–Crippen MR) is 107 cm³/mol. The molecule has 0 heterocycles. The van der Waals surface area contributed by atoms with E-state index in [4.69, 9.17) is 4.74 Å². The van der Waals surface area contributed by atoms with Crippen molar-refractivity contribution in [2.24, 2.45) is 5.92 Å². The van der Waals surface area contributed by atoms with Crippen molar-refractivity contribution in [2.45, 2.75) is 46.0 Å². The van der Waals surface area contributed by atoms with Crippen molar-refractivity contribution in [1.82, 2.24) is 0 Å². The third-order valence-electron chi connectivity index (χ3n) is 5.10. The van der Waals surface area contributed by atoms with Gasteiger partial charge in [0.2, 0.25) is 0 Å². The molecule has 2 heteroatoms. The molecule has 1 saturated carbocycles. The maximum Gasteiger partial charge on any atom is 0.338 e. The highest BCUT2D eigenvalue weighted by molar-refractivity contribution is 5.91. The average molecular weight is 348 g/mol. The number of rotatable bonds is 5. The Morgan fingerprint density at radius 2 is 1.69 bits per heavy atom. The van der Waals surface area contributed by atoms with Crippen molar-refractivity contribution in [3.05, 3.63) is 76.9 Å². The SMILES string of the molecule is CCOC(=O)c1cccc(/C(=C/C2CCCCC2)c2ccc(C)cc2)c1. The molecule has 1 aliphatic rings. The molecule has 2 aromatic carbocycles. The highest BCUT2D eigenvalue weighted by atomic mass is 16.5. The second-order valence-electron chi connectivity index (χ2n) is 7.15. The Bertz CT molecular complexity index is 765. The topological polar surface area (TPSA) is 26.3 Å². The highest BCUT2D eigenvalue weighted by Gasteiger charge is 2.15. The van der Waals surface area contributed by atoms with E-state index in [-0.39, 0.29) is 5.97 Å². The van der Waals surface area contributed by atoms with Crippen LogP contribution in [-0.4, -0.2) is 12.6 Å². The average Bonchev–Trinajstić information content (AvgIpc) is 2.68. The van der Waals surface area contributed by atoms with E-state index < -0.39 is 0 Å². The van der Waals surface area contributed by atoms with Crippen molar-refractivity contribution in [2.75, 3.05) is 6.61 Å². The van der Waals surface area contributed by atoms with Crippen molar-refractivity contribution >= 4 is 11.5 Å². The first-order chi connectivity index (χ1) is 12.7. The Balaban J connectivity index is 2.00. The monoisotopic (exact) mass is 348 g/mol. The van der Waals surface area contributed by atoms with Gasteiger partial charge in [-0.15, -0.1) is 0 Å². The standard InChI is InChI=1S/C24H28O2/c1-3-26-24(25)22-11-7-10-21(17-22)23(16-19-8-5-4-6-9-19)20-14-12-18(2)13-15-20/h7,10-17,19H,3-6,8-9H2,1-2H3/b23-16+. The summed E-state index contributed by atoms with van der Waals surface area (Å²) in [5.41, 5.74) is 5.40. The van der Waals surface area contributed by atoms with E-state index in [1.807, 2.05) is 25.1 Å². The van der Waals surface area contributed by atoms with Crippen molar-refractivity contribution < 1.29 is 9.53 Å². The second kappa shape index (κ2) is 8.84. The van der Waals surface area contributed by atoms with Gasteiger partial charge in [0.25, 0.3) is 0 Å². The van der Waals surface area contributed by atoms with Crippen LogP contribution in [0.2, 0.25) is 0 Å². The van der Waals surface area contributed by atoms with Crippen molar-refractivity contribution in [3.8, 4) is 0 Å². The summed E-state index contributed by atoms with van der Waals surface area (Å²) in [7, 11) is 0. The molecule has 0 aromatic heterocycles. The molecule has 0 bridgehead atoms. The van der Waals surface area contributed by atoms with Gasteiger partial charge in [-0.1, -0.05) is 67.3 Å². The third kappa shape index (κ3) is 4.63. The van der Waals surface area contributed by atoms with Crippen LogP contribution in [-0.2, 0) is 4.74 Å². The first-order valence-corrected chi connectivity index (χ1v) is 9.74. The number of benzene rings is 2. The lowest BCUT2D eigenvalue weighted by atomic mass is 9.85. The molecule has 0 saturated heterocycles. The third-order valence-corrected chi connectivity index (χ3v) is 5.10. The van der Waals surface area contributed by atoms with Crippen LogP contribution in [0, 0.1) is 12.8 Å². The summed E-state index contributed by atoms with van der Waals surface area (Å²) in [4.78, 5) is 12.1. The van der Waals surface area contributed by atoms with Crippen LogP contribution >= 0.6 is 0 Å². The van der Waals surface area contributed by atoms with E-state index in [9.17, 15) is 4.79 Å². The van der Waals surface area contributed by atoms with E-state index in [2.05, 4.69) is 43.3 Å². The summed E-state index contributed by atoms with van der Waals surface area (Å²) in [6.07, 6.45) is 8.91. The van der Waals surface area contributed by atoms with Crippen molar-refractivity contribution in [3.63, 3.8) is 0 Å². The number of allylic oxidation sites excluding steroid dienone is 1. The number of carbonyl (C=O) groups is 1. The molecule has 136 valence electrons. The van der Waals surface area contributed by atoms with Crippen molar-refractivity contribution in [1.29, 1.82) is 0 Å². The Morgan fingerprint density at radius 1 is 1.00 bits per heavy atom. The number of esters is 1. The van der Waals surface area contributed by atoms with Gasteiger partial charge in [-0.05, 0) is 61.4 Å². The number of aryl methyl sites for hydroxylation is 1. The van der Waals surface area contributed by atoms with Gasteiger partial charge in [0.05, 0.1) is 12.2 Å². The molecule has 0 N–H and O–H groups in total. The molecule has 0 aliphatic heterocycles. The molecule has 0 unspecified atom stereocenters. The fraction of sp³-hybridized carbons (Fsp3) is 0.375. The Morgan fingerprint density at radius 3 is 2.38 bits per heavy atom. The fourth-order valence-corrected chi connectivity index (χ4v) is 3.66. The minimum atomic E-state index is -0.254. The quantitative estimate of drug-likeness (QED) is 0.603. The van der Waals surface area contributed by atoms with Gasteiger partial charge in [-0.25, -0.2) is 4.79 Å². The van der Waals surface area contributed by atoms with Crippen LogP contribution in [0.25, 0.3) is 5.57 Å². The van der Waals surface area contributed by atoms with Gasteiger partial charge in [-0.3, -0.25) is 0 Å². The summed E-state index contributed by atoms with van der Waals surface area (Å²) in [5.74, 6) is 0.363. The summed E-state index contributed by atoms with van der Waals surface area (Å²) in [5, 5.41) is 0. The lowest BCUT2D eigenvalue weighted by Gasteiger charge is -2.20. The molecular formula is C24H28O2. The Hall–Kier alpha value is -2.35. The normalized spacial score (nSPS) is 15.7. The lowest BCUT2D eigenvalue weighted by Crippen LogP contribution is -2.06. The van der Waals surface area contributed by atoms with E-state index in [1.165, 1.54) is 48.8 Å². The van der Waals surface area contributed by atoms with E-state index in [0.717, 1.165) is 5.56 Å². The molecule has 0 spiro atoms. The van der Waals surface area contributed by atoms with Crippen LogP contribution in [0.4, 0.5) is 0 Å². The Labute approximate surface area is 156 Å². The van der Waals surface area contributed by atoms with E-state index >= 15 is 0 Å². The van der Waals surface area contributed by atoms with Gasteiger partial charge in [0.15, 0.2) is 0 Å². The zero-order chi connectivity index (χ0) is 18.4. The molecule has 3 rings (SSSR count). The number of ether oxygens (including phenoxy) is 1. The summed E-state index contributed by atoms with van der Waals surface area (Å²) in [6.45, 7) is 4.34. The number of hydrogen-bond donors (Lipinski definition) is 0. The molecule has 0 atom stereocenters. The first kappa shape index (κ1) is 18.4. The largest absolute Gasteiger partial charge is 0.462 e. The maximum atomic E-state index is 12.1. The lowest BCUT2D eigenvalue weighted by molar-refractivity contribution is 0.0526. The molecule has 2 nitrogen and oxygen atoms in total. The van der Waals surface area contributed by atoms with Gasteiger partial charge < -0.3 is 4.74 Å². The summed E-state index contributed by atoms with van der Waals surface area (Å²) < 4.78 is 5.18. The zero-order valence-electron chi connectivity index (χ0n) is 15.8. The zero-order valence-corrected chi connectivity index (χ0v) is 15.8. The van der Waals surface area contributed by atoms with Crippen LogP contribution in [0.3, 0.4) is 0 Å². The minimum Gasteiger partial charge on any atom is -0.462 e. The number of hydrogen-bond acceptors (Lipinski definition) is 2. The molecule has 26 heavy (non-hydrogen) atoms. The van der Waals surface area contributed by atoms with Crippen LogP contribution in [0.5, 0.6) is 0 Å². The van der Waals surface area contributed by atoms with Gasteiger partial charge in [-0.2, -0.15) is 0 Å². The molecule has 1 fully saturated rings. The van der Waals surface area contributed by atoms with E-state index in [1.54, 1.807) is 0 Å². The van der Waals surface area contributed by atoms with Crippen LogP contribution in [0.1, 0.15) is 66.1 Å². The number of carbonyl (C=O) groups excluding carboxylic acids is 1. The minimum absolute atomic E-state index is 0.254. The maximum absolute atomic E-state index is 12.1. The molecule has 1 aliphatic carbocycles. The second-order valence-corrected chi connectivity index (χ2v) is 7.15. The van der Waals surface area contributed by atoms with Crippen LogP contribution in [0.15, 0.2) is 54.6 Å². The van der Waals surface area contributed by atoms with Crippen LogP contribution < -0.4 is 0 Å². The van der Waals surface area contributed by atoms with Gasteiger partial charge in [0, 0.05) is 0 Å². The fourth-order valence-electron chi connectivity index (χ4n) is 3.66. The smallest absolute Gasteiger partial charge is 0.338 e. The predicted octanol–water partition coefficient (Wildman–Crippen LogP) is 6.18. The van der Waals surface area contributed by atoms with E-state index in [0.29, 0.717) is 18.1 Å². The molecule has 2 aromatic rings. The first-order valence-electron chi connectivity index (χ1n) is 9.74. The summed E-state index contributed by atoms with van der Waals surface area (Å²) in [6, 6.07) is 16.5. The highest BCUT2D eigenvalue weighted by Crippen LogP contribution is 2.32. The Kier molecular flexibility index (Phi) is 6.27. The van der Waals surface area contributed by atoms with Gasteiger partial charge >= 0.3 is 5.97 Å². The molecular weight excluding hydrogens is 320 g/mol. The summed E-state index contributed by atoms with van der Waals surface area (Å²) >= 11 is 0.